The third-order valence-electron chi connectivity index (χ3n) is 2.41. The third-order valence-corrected chi connectivity index (χ3v) is 2.66. The molecule has 0 heterocycles. The van der Waals surface area contributed by atoms with E-state index < -0.39 is 6.10 Å². The van der Waals surface area contributed by atoms with E-state index in [1.807, 2.05) is 36.4 Å². The molecule has 2 rings (SSSR count). The summed E-state index contributed by atoms with van der Waals surface area (Å²) in [5.41, 5.74) is 0.869. The molecule has 3 heteroatoms. The predicted octanol–water partition coefficient (Wildman–Crippen LogP) is 4.19. The second-order valence-corrected chi connectivity index (χ2v) is 4.24. The van der Waals surface area contributed by atoms with Gasteiger partial charge in [0, 0.05) is 5.02 Å². The fourth-order valence-electron chi connectivity index (χ4n) is 1.45. The molecule has 0 radical (unpaired) electrons. The monoisotopic (exact) mass is 248 g/mol. The van der Waals surface area contributed by atoms with E-state index in [1.165, 1.54) is 0 Å². The molecule has 0 saturated heterocycles. The van der Waals surface area contributed by atoms with Gasteiger partial charge in [0.05, 0.1) is 6.10 Å². The first-order chi connectivity index (χ1) is 8.15. The highest BCUT2D eigenvalue weighted by Crippen LogP contribution is 2.24. The van der Waals surface area contributed by atoms with Crippen LogP contribution in [-0.4, -0.2) is 5.11 Å². The van der Waals surface area contributed by atoms with Crippen LogP contribution in [0.4, 0.5) is 0 Å². The summed E-state index contributed by atoms with van der Waals surface area (Å²) in [5, 5.41) is 10.1. The molecule has 0 aliphatic rings. The number of ether oxygens (including phenoxy) is 1. The van der Waals surface area contributed by atoms with E-state index in [4.69, 9.17) is 16.3 Å². The Labute approximate surface area is 105 Å². The molecule has 0 saturated carbocycles. The number of benzene rings is 2. The van der Waals surface area contributed by atoms with Crippen LogP contribution in [0.5, 0.6) is 11.5 Å². The molecule has 1 unspecified atom stereocenters. The number of hydrogen-bond acceptors (Lipinski definition) is 2. The van der Waals surface area contributed by atoms with Crippen molar-refractivity contribution in [1.82, 2.24) is 0 Å². The maximum atomic E-state index is 9.38. The zero-order valence-corrected chi connectivity index (χ0v) is 10.2. The molecule has 88 valence electrons. The average molecular weight is 249 g/mol. The molecule has 0 spiro atoms. The number of halogens is 1. The largest absolute Gasteiger partial charge is 0.457 e. The highest BCUT2D eigenvalue weighted by molar-refractivity contribution is 6.30. The summed E-state index contributed by atoms with van der Waals surface area (Å²) in [6.07, 6.45) is -0.459. The Balaban J connectivity index is 2.11. The molecule has 1 atom stereocenters. The number of aliphatic hydroxyl groups is 1. The van der Waals surface area contributed by atoms with Crippen LogP contribution >= 0.6 is 11.6 Å². The van der Waals surface area contributed by atoms with Gasteiger partial charge >= 0.3 is 0 Å². The van der Waals surface area contributed by atoms with E-state index in [9.17, 15) is 5.11 Å². The minimum Gasteiger partial charge on any atom is -0.457 e. The smallest absolute Gasteiger partial charge is 0.127 e. The van der Waals surface area contributed by atoms with Gasteiger partial charge in [-0.15, -0.1) is 0 Å². The lowest BCUT2D eigenvalue weighted by Gasteiger charge is -2.08. The van der Waals surface area contributed by atoms with Gasteiger partial charge in [-0.3, -0.25) is 0 Å². The van der Waals surface area contributed by atoms with Crippen LogP contribution in [0.1, 0.15) is 18.6 Å². The highest BCUT2D eigenvalue weighted by Gasteiger charge is 2.01. The van der Waals surface area contributed by atoms with E-state index >= 15 is 0 Å². The van der Waals surface area contributed by atoms with Gasteiger partial charge in [0.15, 0.2) is 0 Å². The Hall–Kier alpha value is -1.51. The van der Waals surface area contributed by atoms with Crippen LogP contribution in [-0.2, 0) is 0 Å². The molecule has 0 amide bonds. The van der Waals surface area contributed by atoms with Gasteiger partial charge in [-0.2, -0.15) is 0 Å². The minimum atomic E-state index is -0.459. The standard InChI is InChI=1S/C14H13ClO2/c1-10(16)11-2-6-13(7-3-11)17-14-8-4-12(15)5-9-14/h2-10,16H,1H3. The summed E-state index contributed by atoms with van der Waals surface area (Å²) in [6.45, 7) is 1.73. The van der Waals surface area contributed by atoms with Crippen LogP contribution in [0.25, 0.3) is 0 Å². The van der Waals surface area contributed by atoms with Crippen LogP contribution < -0.4 is 4.74 Å². The maximum Gasteiger partial charge on any atom is 0.127 e. The predicted molar refractivity (Wildman–Crippen MR) is 68.6 cm³/mol. The molecule has 0 aliphatic carbocycles. The van der Waals surface area contributed by atoms with Crippen LogP contribution in [0.3, 0.4) is 0 Å². The average Bonchev–Trinajstić information content (AvgIpc) is 2.33. The molecule has 2 aromatic carbocycles. The van der Waals surface area contributed by atoms with E-state index in [-0.39, 0.29) is 0 Å². The third kappa shape index (κ3) is 3.22. The molecule has 1 N–H and O–H groups in total. The normalized spacial score (nSPS) is 12.2. The van der Waals surface area contributed by atoms with Gasteiger partial charge in [-0.05, 0) is 48.9 Å². The molecule has 0 fully saturated rings. The van der Waals surface area contributed by atoms with Gasteiger partial charge in [0.2, 0.25) is 0 Å². The second kappa shape index (κ2) is 5.21. The lowest BCUT2D eigenvalue weighted by molar-refractivity contribution is 0.199. The van der Waals surface area contributed by atoms with Gasteiger partial charge in [-0.25, -0.2) is 0 Å². The molecule has 2 nitrogen and oxygen atoms in total. The van der Waals surface area contributed by atoms with Gasteiger partial charge < -0.3 is 9.84 Å². The highest BCUT2D eigenvalue weighted by atomic mass is 35.5. The fraction of sp³-hybridized carbons (Fsp3) is 0.143. The molecule has 17 heavy (non-hydrogen) atoms. The first-order valence-corrected chi connectivity index (χ1v) is 5.74. The summed E-state index contributed by atoms with van der Waals surface area (Å²) in [4.78, 5) is 0. The molecule has 2 aromatic rings. The lowest BCUT2D eigenvalue weighted by atomic mass is 10.1. The Kier molecular flexibility index (Phi) is 3.67. The number of rotatable bonds is 3. The Morgan fingerprint density at radius 2 is 1.41 bits per heavy atom. The summed E-state index contributed by atoms with van der Waals surface area (Å²) < 4.78 is 5.63. The van der Waals surface area contributed by atoms with E-state index in [0.717, 1.165) is 17.1 Å². The van der Waals surface area contributed by atoms with Crippen LogP contribution in [0.2, 0.25) is 5.02 Å². The zero-order chi connectivity index (χ0) is 12.3. The molecule has 0 bridgehead atoms. The van der Waals surface area contributed by atoms with E-state index in [0.29, 0.717) is 5.02 Å². The first-order valence-electron chi connectivity index (χ1n) is 5.36. The second-order valence-electron chi connectivity index (χ2n) is 3.80. The topological polar surface area (TPSA) is 29.5 Å². The molecule has 0 aromatic heterocycles. The van der Waals surface area contributed by atoms with Gasteiger partial charge in [0.25, 0.3) is 0 Å². The Morgan fingerprint density at radius 1 is 0.941 bits per heavy atom. The van der Waals surface area contributed by atoms with Crippen molar-refractivity contribution in [3.05, 3.63) is 59.1 Å². The summed E-state index contributed by atoms with van der Waals surface area (Å²) in [7, 11) is 0. The van der Waals surface area contributed by atoms with Crippen molar-refractivity contribution in [2.24, 2.45) is 0 Å². The zero-order valence-electron chi connectivity index (χ0n) is 9.43. The lowest BCUT2D eigenvalue weighted by Crippen LogP contribution is -1.90. The summed E-state index contributed by atoms with van der Waals surface area (Å²) >= 11 is 5.79. The van der Waals surface area contributed by atoms with Crippen molar-refractivity contribution in [2.45, 2.75) is 13.0 Å². The van der Waals surface area contributed by atoms with E-state index in [2.05, 4.69) is 0 Å². The minimum absolute atomic E-state index is 0.459. The summed E-state index contributed by atoms with van der Waals surface area (Å²) in [6, 6.07) is 14.5. The van der Waals surface area contributed by atoms with Crippen molar-refractivity contribution < 1.29 is 9.84 Å². The fourth-order valence-corrected chi connectivity index (χ4v) is 1.58. The van der Waals surface area contributed by atoms with Crippen molar-refractivity contribution in [3.63, 3.8) is 0 Å². The van der Waals surface area contributed by atoms with Gasteiger partial charge in [-0.1, -0.05) is 23.7 Å². The number of aliphatic hydroxyl groups excluding tert-OH is 1. The quantitative estimate of drug-likeness (QED) is 0.883. The number of hydrogen-bond donors (Lipinski definition) is 1. The van der Waals surface area contributed by atoms with Crippen LogP contribution in [0, 0.1) is 0 Å². The SMILES string of the molecule is CC(O)c1ccc(Oc2ccc(Cl)cc2)cc1. The van der Waals surface area contributed by atoms with E-state index in [1.54, 1.807) is 19.1 Å². The molecule has 0 aliphatic heterocycles. The maximum absolute atomic E-state index is 9.38. The Morgan fingerprint density at radius 3 is 1.88 bits per heavy atom. The summed E-state index contributed by atoms with van der Waals surface area (Å²) in [5.74, 6) is 1.47. The molecular weight excluding hydrogens is 236 g/mol. The van der Waals surface area contributed by atoms with Crippen molar-refractivity contribution in [1.29, 1.82) is 0 Å². The van der Waals surface area contributed by atoms with Crippen molar-refractivity contribution >= 4 is 11.6 Å². The Bertz CT molecular complexity index is 475. The van der Waals surface area contributed by atoms with Crippen molar-refractivity contribution in [3.8, 4) is 11.5 Å². The van der Waals surface area contributed by atoms with Gasteiger partial charge in [0.1, 0.15) is 11.5 Å². The first kappa shape index (κ1) is 12.0. The molecular formula is C14H13ClO2. The van der Waals surface area contributed by atoms with Crippen molar-refractivity contribution in [2.75, 3.05) is 0 Å². The van der Waals surface area contributed by atoms with Crippen LogP contribution in [0.15, 0.2) is 48.5 Å².